The Morgan fingerprint density at radius 3 is 1.00 bits per heavy atom. The van der Waals surface area contributed by atoms with Crippen molar-refractivity contribution < 1.29 is 37.3 Å². The van der Waals surface area contributed by atoms with Crippen molar-refractivity contribution in [3.8, 4) is 0 Å². The van der Waals surface area contributed by atoms with Gasteiger partial charge in [-0.1, -0.05) is 0 Å². The summed E-state index contributed by atoms with van der Waals surface area (Å²) < 4.78 is 14.8. The van der Waals surface area contributed by atoms with Gasteiger partial charge in [0.25, 0.3) is 0 Å². The fourth-order valence-corrected chi connectivity index (χ4v) is 11.5. The molecule has 0 aliphatic carbocycles. The average Bonchev–Trinajstić information content (AvgIpc) is 1.96. The molecule has 0 aromatic rings. The third-order valence-electron chi connectivity index (χ3n) is 1.77. The first-order valence-electron chi connectivity index (χ1n) is 5.97. The maximum absolute atomic E-state index is 5.12. The second kappa shape index (κ2) is 7.06. The van der Waals surface area contributed by atoms with Crippen LogP contribution < -0.4 is 0 Å². The van der Waals surface area contributed by atoms with E-state index in [1.807, 2.05) is 0 Å². The molecule has 0 saturated carbocycles. The summed E-state index contributed by atoms with van der Waals surface area (Å²) in [6, 6.07) is 0. The predicted molar refractivity (Wildman–Crippen MR) is 71.7 cm³/mol. The van der Waals surface area contributed by atoms with Gasteiger partial charge >= 0.3 is 111 Å². The zero-order valence-corrected chi connectivity index (χ0v) is 19.5. The minimum atomic E-state index is -3.15. The van der Waals surface area contributed by atoms with Crippen LogP contribution in [0.15, 0.2) is 6.99 Å². The van der Waals surface area contributed by atoms with Gasteiger partial charge in [-0.15, -0.1) is 0 Å². The van der Waals surface area contributed by atoms with Crippen LogP contribution in [0.1, 0.15) is 41.5 Å². The minimum absolute atomic E-state index is 0. The van der Waals surface area contributed by atoms with Gasteiger partial charge in [-0.3, -0.25) is 0 Å². The van der Waals surface area contributed by atoms with Crippen LogP contribution in [0.5, 0.6) is 0 Å². The third-order valence-corrected chi connectivity index (χ3v) is 14.5. The summed E-state index contributed by atoms with van der Waals surface area (Å²) in [5, 5.41) is 0. The molecule has 0 radical (unpaired) electrons. The molecule has 0 aromatic heterocycles. The molecule has 0 fully saturated rings. The van der Waals surface area contributed by atoms with Crippen molar-refractivity contribution in [1.82, 2.24) is 6.92 Å². The van der Waals surface area contributed by atoms with Crippen LogP contribution in [-0.4, -0.2) is 46.2 Å². The van der Waals surface area contributed by atoms with E-state index >= 15 is 0 Å². The summed E-state index contributed by atoms with van der Waals surface area (Å²) in [6.07, 6.45) is 0. The molecular weight excluding hydrogens is 568 g/mol. The van der Waals surface area contributed by atoms with Crippen LogP contribution in [0.3, 0.4) is 0 Å². The summed E-state index contributed by atoms with van der Waals surface area (Å²) >= 11 is -3.15. The Labute approximate surface area is 131 Å². The molecule has 0 atom stereocenters. The normalized spacial score (nSPS) is 13.6. The van der Waals surface area contributed by atoms with Crippen molar-refractivity contribution in [2.75, 3.05) is 28.2 Å². The number of rotatable bonds is 2. The van der Waals surface area contributed by atoms with Crippen LogP contribution in [-0.2, 0) is 37.3 Å². The first kappa shape index (κ1) is 21.2. The molecule has 6 heteroatoms. The predicted octanol–water partition coefficient (Wildman–Crippen LogP) is 3.06. The van der Waals surface area contributed by atoms with E-state index in [1.165, 1.54) is 0 Å². The molecule has 4 nitrogen and oxygen atoms in total. The van der Waals surface area contributed by atoms with Gasteiger partial charge in [0.15, 0.2) is 0 Å². The Balaban J connectivity index is 0. The van der Waals surface area contributed by atoms with E-state index in [1.54, 1.807) is 0 Å². The van der Waals surface area contributed by atoms with Crippen molar-refractivity contribution >= 4 is 0 Å². The maximum Gasteiger partial charge on any atom is 0 e. The van der Waals surface area contributed by atoms with Gasteiger partial charge < -0.3 is 0 Å². The fraction of sp³-hybridized carbons (Fsp3) is 1.00. The van der Waals surface area contributed by atoms with E-state index in [-0.39, 0.29) is 32.1 Å². The molecule has 0 spiro atoms. The van der Waals surface area contributed by atoms with Gasteiger partial charge in [0.2, 0.25) is 0 Å². The first-order chi connectivity index (χ1) is 7.30. The minimum Gasteiger partial charge on any atom is 0 e. The van der Waals surface area contributed by atoms with Crippen molar-refractivity contribution in [2.45, 2.75) is 52.6 Å². The first-order valence-corrected chi connectivity index (χ1v) is 11.2. The molecular formula is C12H30N4W2. The van der Waals surface area contributed by atoms with Crippen LogP contribution in [0, 0.1) is 0 Å². The molecule has 0 unspecified atom stereocenters. The van der Waals surface area contributed by atoms with Gasteiger partial charge in [0.1, 0.15) is 0 Å². The van der Waals surface area contributed by atoms with E-state index in [2.05, 4.69) is 76.7 Å². The topological polar surface area (TPSA) is 31.2 Å². The summed E-state index contributed by atoms with van der Waals surface area (Å²) in [5.41, 5.74) is -0.0861. The number of nitrogens with zero attached hydrogens (tertiary/aromatic N) is 4. The fourth-order valence-electron chi connectivity index (χ4n) is 1.41. The van der Waals surface area contributed by atoms with Crippen molar-refractivity contribution in [3.63, 3.8) is 0 Å². The Bertz CT molecular complexity index is 325. The molecule has 0 amide bonds. The largest absolute Gasteiger partial charge is 0 e. The van der Waals surface area contributed by atoms with Crippen molar-refractivity contribution in [2.24, 2.45) is 6.99 Å². The van der Waals surface area contributed by atoms with E-state index in [9.17, 15) is 0 Å². The Hall–Kier alpha value is 0.897. The van der Waals surface area contributed by atoms with Gasteiger partial charge in [-0.25, -0.2) is 0 Å². The number of hydrogen-bond acceptors (Lipinski definition) is 2. The molecule has 0 aliphatic rings. The molecule has 0 rings (SSSR count). The molecule has 0 bridgehead atoms. The van der Waals surface area contributed by atoms with Crippen LogP contribution >= 0.6 is 0 Å². The molecule has 18 heavy (non-hydrogen) atoms. The van der Waals surface area contributed by atoms with E-state index in [4.69, 9.17) is 6.99 Å². The summed E-state index contributed by atoms with van der Waals surface area (Å²) in [7, 11) is 8.44. The Morgan fingerprint density at radius 1 is 0.667 bits per heavy atom. The van der Waals surface area contributed by atoms with E-state index < -0.39 is 16.2 Å². The standard InChI is InChI=1S/2C4H9N.2C2H6N.2W/c2*1-4(2,3)5;2*1-3-2;;/h2*1-3H3;2*1-2H3;;/q;;2*-1;;+2. The van der Waals surface area contributed by atoms with Gasteiger partial charge in [0.05, 0.1) is 0 Å². The number of hydrogen-bond donors (Lipinski definition) is 0. The Kier molecular flexibility index (Phi) is 8.32. The van der Waals surface area contributed by atoms with Crippen molar-refractivity contribution in [3.05, 3.63) is 0 Å². The van der Waals surface area contributed by atoms with E-state index in [0.29, 0.717) is 0 Å². The van der Waals surface area contributed by atoms with Gasteiger partial charge in [0, 0.05) is 21.1 Å². The smallest absolute Gasteiger partial charge is 0 e. The van der Waals surface area contributed by atoms with Crippen LogP contribution in [0.25, 0.3) is 0 Å². The van der Waals surface area contributed by atoms with Gasteiger partial charge in [-0.05, 0) is 0 Å². The zero-order chi connectivity index (χ0) is 14.1. The zero-order valence-electron chi connectivity index (χ0n) is 13.6. The molecule has 0 aromatic carbocycles. The second-order valence-corrected chi connectivity index (χ2v) is 16.7. The summed E-state index contributed by atoms with van der Waals surface area (Å²) in [4.78, 5) is 0. The SMILES string of the molecule is C[N](C)[W](=[N]C(C)(C)C)(=[N]C(C)(C)C)[N](C)C.[W]. The second-order valence-electron chi connectivity index (χ2n) is 6.64. The molecule has 0 aliphatic heterocycles. The van der Waals surface area contributed by atoms with Gasteiger partial charge in [-0.2, -0.15) is 0 Å². The monoisotopic (exact) mass is 598 g/mol. The van der Waals surface area contributed by atoms with Crippen LogP contribution in [0.4, 0.5) is 0 Å². The molecule has 0 N–H and O–H groups in total. The summed E-state index contributed by atoms with van der Waals surface area (Å²) in [6.45, 7) is 12.9. The molecule has 0 heterocycles. The average molecular weight is 598 g/mol. The third kappa shape index (κ3) is 6.89. The summed E-state index contributed by atoms with van der Waals surface area (Å²) in [5.74, 6) is 0. The van der Waals surface area contributed by atoms with E-state index in [0.717, 1.165) is 0 Å². The quantitative estimate of drug-likeness (QED) is 0.490. The van der Waals surface area contributed by atoms with Crippen molar-refractivity contribution in [1.29, 1.82) is 0 Å². The molecule has 110 valence electrons. The molecule has 0 saturated heterocycles. The maximum atomic E-state index is 5.12. The Morgan fingerprint density at radius 2 is 0.889 bits per heavy atom. The van der Waals surface area contributed by atoms with Crippen LogP contribution in [0.2, 0.25) is 0 Å².